The number of rotatable bonds is 7. The fourth-order valence-corrected chi connectivity index (χ4v) is 1.70. The molecule has 0 heterocycles. The third-order valence-electron chi connectivity index (χ3n) is 2.23. The number of hydrogen-bond donors (Lipinski definition) is 1. The van der Waals surface area contributed by atoms with Crippen molar-refractivity contribution in [3.05, 3.63) is 35.4 Å². The minimum Gasteiger partial charge on any atom is -0.383 e. The number of nitrogens with one attached hydrogen (secondary N) is 1. The van der Waals surface area contributed by atoms with Crippen LogP contribution in [0.1, 0.15) is 12.0 Å². The Hall–Kier alpha value is -0.710. The lowest BCUT2D eigenvalue weighted by Crippen LogP contribution is -2.20. The van der Waals surface area contributed by atoms with Crippen LogP contribution in [-0.2, 0) is 11.3 Å². The van der Waals surface area contributed by atoms with Crippen molar-refractivity contribution in [2.45, 2.75) is 18.3 Å². The van der Waals surface area contributed by atoms with Crippen LogP contribution in [0.25, 0.3) is 0 Å². The number of halogens is 3. The Kier molecular flexibility index (Phi) is 6.40. The summed E-state index contributed by atoms with van der Waals surface area (Å²) < 4.78 is 30.6. The maximum atomic E-state index is 12.9. The van der Waals surface area contributed by atoms with Crippen LogP contribution < -0.4 is 5.32 Å². The maximum Gasteiger partial charge on any atom is 0.126 e. The maximum absolute atomic E-state index is 12.9. The van der Waals surface area contributed by atoms with E-state index >= 15 is 0 Å². The monoisotopic (exact) mass is 263 g/mol. The fourth-order valence-electron chi connectivity index (χ4n) is 1.47. The zero-order valence-corrected chi connectivity index (χ0v) is 10.4. The molecule has 0 saturated carbocycles. The Bertz CT molecular complexity index is 329. The van der Waals surface area contributed by atoms with Gasteiger partial charge in [-0.15, -0.1) is 11.6 Å². The molecule has 96 valence electrons. The van der Waals surface area contributed by atoms with Gasteiger partial charge in [0, 0.05) is 19.7 Å². The van der Waals surface area contributed by atoms with E-state index in [9.17, 15) is 8.78 Å². The molecule has 1 aromatic carbocycles. The van der Waals surface area contributed by atoms with Crippen molar-refractivity contribution in [2.75, 3.05) is 20.3 Å². The predicted molar refractivity (Wildman–Crippen MR) is 64.2 cm³/mol. The summed E-state index contributed by atoms with van der Waals surface area (Å²) in [6, 6.07) is 3.48. The van der Waals surface area contributed by atoms with Gasteiger partial charge in [0.05, 0.1) is 12.0 Å². The minimum atomic E-state index is -0.559. The highest BCUT2D eigenvalue weighted by atomic mass is 35.5. The predicted octanol–water partition coefficient (Wildman–Crippen LogP) is 2.70. The van der Waals surface area contributed by atoms with Gasteiger partial charge in [-0.3, -0.25) is 0 Å². The van der Waals surface area contributed by atoms with Crippen molar-refractivity contribution in [1.82, 2.24) is 5.32 Å². The van der Waals surface area contributed by atoms with E-state index < -0.39 is 11.6 Å². The summed E-state index contributed by atoms with van der Waals surface area (Å²) in [6.45, 7) is 1.60. The van der Waals surface area contributed by atoms with Gasteiger partial charge in [0.1, 0.15) is 11.6 Å². The van der Waals surface area contributed by atoms with E-state index in [0.717, 1.165) is 12.5 Å². The van der Waals surface area contributed by atoms with E-state index in [2.05, 4.69) is 5.32 Å². The molecule has 0 spiro atoms. The average molecular weight is 264 g/mol. The van der Waals surface area contributed by atoms with Gasteiger partial charge in [-0.05, 0) is 30.7 Å². The molecule has 1 aromatic rings. The first kappa shape index (κ1) is 14.4. The molecule has 0 aliphatic rings. The first-order chi connectivity index (χ1) is 8.11. The van der Waals surface area contributed by atoms with Gasteiger partial charge in [-0.2, -0.15) is 0 Å². The Balaban J connectivity index is 2.26. The number of ether oxygens (including phenoxy) is 1. The molecule has 0 fully saturated rings. The van der Waals surface area contributed by atoms with Crippen molar-refractivity contribution >= 4 is 11.6 Å². The summed E-state index contributed by atoms with van der Waals surface area (Å²) >= 11 is 5.93. The zero-order valence-electron chi connectivity index (χ0n) is 9.68. The molecule has 0 aliphatic heterocycles. The third-order valence-corrected chi connectivity index (χ3v) is 2.58. The van der Waals surface area contributed by atoms with Crippen molar-refractivity contribution < 1.29 is 13.5 Å². The SMILES string of the molecule is COCC(Cl)CCNCc1cc(F)cc(F)c1. The van der Waals surface area contributed by atoms with Crippen LogP contribution >= 0.6 is 11.6 Å². The Morgan fingerprint density at radius 2 is 1.94 bits per heavy atom. The lowest BCUT2D eigenvalue weighted by Gasteiger charge is -2.09. The van der Waals surface area contributed by atoms with Gasteiger partial charge >= 0.3 is 0 Å². The van der Waals surface area contributed by atoms with E-state index in [4.69, 9.17) is 16.3 Å². The largest absolute Gasteiger partial charge is 0.383 e. The first-order valence-electron chi connectivity index (χ1n) is 5.40. The summed E-state index contributed by atoms with van der Waals surface area (Å²) in [4.78, 5) is 0. The van der Waals surface area contributed by atoms with Crippen LogP contribution in [-0.4, -0.2) is 25.6 Å². The lowest BCUT2D eigenvalue weighted by molar-refractivity contribution is 0.195. The van der Waals surface area contributed by atoms with E-state index in [1.165, 1.54) is 12.1 Å². The highest BCUT2D eigenvalue weighted by Gasteiger charge is 2.04. The van der Waals surface area contributed by atoms with Crippen molar-refractivity contribution in [3.8, 4) is 0 Å². The highest BCUT2D eigenvalue weighted by Crippen LogP contribution is 2.08. The van der Waals surface area contributed by atoms with E-state index in [1.807, 2.05) is 0 Å². The number of benzene rings is 1. The summed E-state index contributed by atoms with van der Waals surface area (Å²) in [5.41, 5.74) is 0.584. The Morgan fingerprint density at radius 1 is 1.29 bits per heavy atom. The quantitative estimate of drug-likeness (QED) is 0.603. The lowest BCUT2D eigenvalue weighted by atomic mass is 10.2. The number of hydrogen-bond acceptors (Lipinski definition) is 2. The molecule has 5 heteroatoms. The molecule has 1 rings (SSSR count). The molecule has 17 heavy (non-hydrogen) atoms. The van der Waals surface area contributed by atoms with Gasteiger partial charge in [-0.25, -0.2) is 8.78 Å². The van der Waals surface area contributed by atoms with Gasteiger partial charge in [-0.1, -0.05) is 0 Å². The third kappa shape index (κ3) is 5.96. The second-order valence-corrected chi connectivity index (χ2v) is 4.41. The van der Waals surface area contributed by atoms with Crippen LogP contribution in [0.4, 0.5) is 8.78 Å². The fraction of sp³-hybridized carbons (Fsp3) is 0.500. The van der Waals surface area contributed by atoms with Crippen molar-refractivity contribution in [1.29, 1.82) is 0 Å². The number of methoxy groups -OCH3 is 1. The molecule has 0 aromatic heterocycles. The summed E-state index contributed by atoms with van der Waals surface area (Å²) in [5, 5.41) is 3.03. The summed E-state index contributed by atoms with van der Waals surface area (Å²) in [7, 11) is 1.60. The van der Waals surface area contributed by atoms with Crippen LogP contribution in [0.15, 0.2) is 18.2 Å². The smallest absolute Gasteiger partial charge is 0.126 e. The average Bonchev–Trinajstić information content (AvgIpc) is 2.23. The molecule has 0 bridgehead atoms. The normalized spacial score (nSPS) is 12.7. The Labute approximate surface area is 105 Å². The summed E-state index contributed by atoms with van der Waals surface area (Å²) in [6.07, 6.45) is 0.743. The van der Waals surface area contributed by atoms with Gasteiger partial charge in [0.15, 0.2) is 0 Å². The van der Waals surface area contributed by atoms with Crippen molar-refractivity contribution in [3.63, 3.8) is 0 Å². The molecule has 0 aliphatic carbocycles. The highest BCUT2D eigenvalue weighted by molar-refractivity contribution is 6.20. The van der Waals surface area contributed by atoms with Crippen molar-refractivity contribution in [2.24, 2.45) is 0 Å². The standard InChI is InChI=1S/C12H16ClF2NO/c1-17-8-10(13)2-3-16-7-9-4-11(14)6-12(15)5-9/h4-6,10,16H,2-3,7-8H2,1H3. The molecule has 0 radical (unpaired) electrons. The van der Waals surface area contributed by atoms with E-state index in [0.29, 0.717) is 25.3 Å². The molecule has 1 unspecified atom stereocenters. The second kappa shape index (κ2) is 7.58. The Morgan fingerprint density at radius 3 is 2.53 bits per heavy atom. The minimum absolute atomic E-state index is 0.0447. The van der Waals surface area contributed by atoms with Crippen LogP contribution in [0.2, 0.25) is 0 Å². The molecule has 0 amide bonds. The summed E-state index contributed by atoms with van der Waals surface area (Å²) in [5.74, 6) is -1.12. The van der Waals surface area contributed by atoms with E-state index in [1.54, 1.807) is 7.11 Å². The zero-order chi connectivity index (χ0) is 12.7. The topological polar surface area (TPSA) is 21.3 Å². The molecular formula is C12H16ClF2NO. The van der Waals surface area contributed by atoms with E-state index in [-0.39, 0.29) is 5.38 Å². The van der Waals surface area contributed by atoms with Gasteiger partial charge < -0.3 is 10.1 Å². The van der Waals surface area contributed by atoms with Gasteiger partial charge in [0.2, 0.25) is 0 Å². The number of alkyl halides is 1. The molecular weight excluding hydrogens is 248 g/mol. The molecule has 1 atom stereocenters. The first-order valence-corrected chi connectivity index (χ1v) is 5.84. The molecule has 1 N–H and O–H groups in total. The van der Waals surface area contributed by atoms with Crippen LogP contribution in [0.5, 0.6) is 0 Å². The van der Waals surface area contributed by atoms with Crippen LogP contribution in [0, 0.1) is 11.6 Å². The molecule has 2 nitrogen and oxygen atoms in total. The molecule has 0 saturated heterocycles. The second-order valence-electron chi connectivity index (χ2n) is 3.80. The van der Waals surface area contributed by atoms with Gasteiger partial charge in [0.25, 0.3) is 0 Å². The van der Waals surface area contributed by atoms with Crippen LogP contribution in [0.3, 0.4) is 0 Å².